The van der Waals surface area contributed by atoms with Gasteiger partial charge in [-0.05, 0) is 30.7 Å². The number of carbonyl (C=O) groups is 1. The van der Waals surface area contributed by atoms with Crippen molar-refractivity contribution in [3.63, 3.8) is 0 Å². The maximum absolute atomic E-state index is 12.5. The minimum Gasteiger partial charge on any atom is -0.461 e. The number of imidazole rings is 1. The fourth-order valence-corrected chi connectivity index (χ4v) is 3.55. The quantitative estimate of drug-likeness (QED) is 0.676. The average Bonchev–Trinajstić information content (AvgIpc) is 3.32. The van der Waals surface area contributed by atoms with Crippen molar-refractivity contribution >= 4 is 11.5 Å². The lowest BCUT2D eigenvalue weighted by molar-refractivity contribution is 0.100. The van der Waals surface area contributed by atoms with Crippen molar-refractivity contribution in [1.29, 1.82) is 0 Å². The topological polar surface area (TPSA) is 85.3 Å². The summed E-state index contributed by atoms with van der Waals surface area (Å²) in [6.45, 7) is 6.16. The van der Waals surface area contributed by atoms with Crippen LogP contribution >= 0.6 is 0 Å². The fraction of sp³-hybridized carbons (Fsp3) is 0.300. The van der Waals surface area contributed by atoms with Crippen LogP contribution in [0.5, 0.6) is 0 Å². The van der Waals surface area contributed by atoms with E-state index < -0.39 is 0 Å². The van der Waals surface area contributed by atoms with E-state index in [9.17, 15) is 9.59 Å². The number of benzene rings is 1. The second-order valence-corrected chi connectivity index (χ2v) is 6.79. The van der Waals surface area contributed by atoms with Crippen LogP contribution in [0.25, 0.3) is 0 Å². The number of para-hydroxylation sites is 1. The maximum Gasteiger partial charge on any atom is 0.323 e. The van der Waals surface area contributed by atoms with Crippen molar-refractivity contribution in [3.05, 3.63) is 75.9 Å². The molecule has 1 aliphatic heterocycles. The van der Waals surface area contributed by atoms with Crippen LogP contribution in [-0.4, -0.2) is 46.8 Å². The number of H-pyrrole nitrogens is 2. The Kier molecular flexibility index (Phi) is 4.68. The summed E-state index contributed by atoms with van der Waals surface area (Å²) in [6.07, 6.45) is 1.45. The van der Waals surface area contributed by atoms with Gasteiger partial charge in [0.15, 0.2) is 5.76 Å². The van der Waals surface area contributed by atoms with E-state index in [1.54, 1.807) is 12.1 Å². The first-order valence-corrected chi connectivity index (χ1v) is 9.04. The van der Waals surface area contributed by atoms with Gasteiger partial charge in [0.1, 0.15) is 5.69 Å². The molecule has 3 aromatic rings. The number of aromatic amines is 2. The summed E-state index contributed by atoms with van der Waals surface area (Å²) >= 11 is 0. The molecule has 1 aromatic carbocycles. The van der Waals surface area contributed by atoms with Crippen molar-refractivity contribution in [3.8, 4) is 0 Å². The molecule has 0 aliphatic carbocycles. The molecule has 0 atom stereocenters. The summed E-state index contributed by atoms with van der Waals surface area (Å²) < 4.78 is 5.17. The van der Waals surface area contributed by atoms with Crippen LogP contribution in [0.4, 0.5) is 5.69 Å². The maximum atomic E-state index is 12.5. The molecule has 0 radical (unpaired) electrons. The summed E-state index contributed by atoms with van der Waals surface area (Å²) in [4.78, 5) is 34.3. The van der Waals surface area contributed by atoms with Gasteiger partial charge < -0.3 is 19.3 Å². The summed E-state index contributed by atoms with van der Waals surface area (Å²) in [5, 5.41) is 0. The molecule has 1 fully saturated rings. The normalized spacial score (nSPS) is 15.2. The predicted octanol–water partition coefficient (Wildman–Crippen LogP) is 2.16. The molecule has 7 nitrogen and oxygen atoms in total. The molecule has 0 amide bonds. The number of furan rings is 1. The first-order valence-electron chi connectivity index (χ1n) is 9.04. The molecule has 140 valence electrons. The highest BCUT2D eigenvalue weighted by atomic mass is 16.3. The number of aromatic nitrogens is 2. The zero-order valence-corrected chi connectivity index (χ0v) is 15.2. The van der Waals surface area contributed by atoms with Gasteiger partial charge in [0, 0.05) is 38.4 Å². The molecule has 4 rings (SSSR count). The Hall–Kier alpha value is -3.06. The van der Waals surface area contributed by atoms with E-state index >= 15 is 0 Å². The third-order valence-electron chi connectivity index (χ3n) is 4.99. The second kappa shape index (κ2) is 7.28. The number of nitrogens with one attached hydrogen (secondary N) is 2. The zero-order chi connectivity index (χ0) is 18.8. The highest BCUT2D eigenvalue weighted by molar-refractivity contribution is 6.06. The van der Waals surface area contributed by atoms with Gasteiger partial charge in [-0.3, -0.25) is 9.69 Å². The molecule has 1 aliphatic rings. The van der Waals surface area contributed by atoms with Crippen LogP contribution < -0.4 is 10.6 Å². The van der Waals surface area contributed by atoms with Gasteiger partial charge in [0.2, 0.25) is 5.78 Å². The summed E-state index contributed by atoms with van der Waals surface area (Å²) in [5.41, 5.74) is 3.04. The lowest BCUT2D eigenvalue weighted by Crippen LogP contribution is -2.46. The van der Waals surface area contributed by atoms with Crippen LogP contribution in [0.15, 0.2) is 51.9 Å². The molecule has 2 aromatic heterocycles. The van der Waals surface area contributed by atoms with Gasteiger partial charge in [-0.2, -0.15) is 0 Å². The molecule has 7 heteroatoms. The molecular weight excluding hydrogens is 344 g/mol. The van der Waals surface area contributed by atoms with Gasteiger partial charge >= 0.3 is 5.69 Å². The number of rotatable bonds is 5. The number of anilines is 1. The number of hydrogen-bond donors (Lipinski definition) is 2. The molecule has 0 unspecified atom stereocenters. The van der Waals surface area contributed by atoms with E-state index in [2.05, 4.69) is 51.0 Å². The van der Waals surface area contributed by atoms with E-state index in [0.29, 0.717) is 12.2 Å². The Labute approximate surface area is 156 Å². The van der Waals surface area contributed by atoms with Crippen LogP contribution in [0.2, 0.25) is 0 Å². The van der Waals surface area contributed by atoms with E-state index in [1.807, 2.05) is 0 Å². The number of carbonyl (C=O) groups excluding carboxylic acids is 1. The van der Waals surface area contributed by atoms with Gasteiger partial charge in [-0.15, -0.1) is 0 Å². The monoisotopic (exact) mass is 366 g/mol. The van der Waals surface area contributed by atoms with Gasteiger partial charge in [-0.1, -0.05) is 18.2 Å². The van der Waals surface area contributed by atoms with Crippen molar-refractivity contribution in [1.82, 2.24) is 14.9 Å². The SMILES string of the molecule is Cc1ccccc1N1CCN(Cc2[nH]c(=O)[nH]c2C(=O)c2ccco2)CC1. The van der Waals surface area contributed by atoms with Crippen LogP contribution in [0.1, 0.15) is 27.5 Å². The lowest BCUT2D eigenvalue weighted by Gasteiger charge is -2.36. The standard InChI is InChI=1S/C20H22N4O3/c1-14-5-2-3-6-16(14)24-10-8-23(9-11-24)13-15-18(22-20(26)21-15)19(25)17-7-4-12-27-17/h2-7,12H,8-11,13H2,1H3,(H2,21,22,26). The minimum absolute atomic E-state index is 0.218. The Bertz CT molecular complexity index is 979. The van der Waals surface area contributed by atoms with Crippen LogP contribution in [0.3, 0.4) is 0 Å². The molecule has 2 N–H and O–H groups in total. The number of aryl methyl sites for hydroxylation is 1. The average molecular weight is 366 g/mol. The van der Waals surface area contributed by atoms with Crippen molar-refractivity contribution in [2.75, 3.05) is 31.1 Å². The molecule has 0 bridgehead atoms. The number of hydrogen-bond acceptors (Lipinski definition) is 5. The number of piperazine rings is 1. The van der Waals surface area contributed by atoms with E-state index in [0.717, 1.165) is 26.2 Å². The Balaban J connectivity index is 1.45. The van der Waals surface area contributed by atoms with Crippen molar-refractivity contribution < 1.29 is 9.21 Å². The first kappa shape index (κ1) is 17.4. The van der Waals surface area contributed by atoms with Crippen LogP contribution in [-0.2, 0) is 6.54 Å². The molecule has 1 saturated heterocycles. The number of nitrogens with zero attached hydrogens (tertiary/aromatic N) is 2. The van der Waals surface area contributed by atoms with Crippen LogP contribution in [0, 0.1) is 6.92 Å². The van der Waals surface area contributed by atoms with E-state index in [4.69, 9.17) is 4.42 Å². The number of ketones is 1. The third kappa shape index (κ3) is 3.59. The summed E-state index contributed by atoms with van der Waals surface area (Å²) in [6, 6.07) is 11.6. The third-order valence-corrected chi connectivity index (χ3v) is 4.99. The Morgan fingerprint density at radius 3 is 2.56 bits per heavy atom. The highest BCUT2D eigenvalue weighted by Crippen LogP contribution is 2.21. The van der Waals surface area contributed by atoms with Crippen molar-refractivity contribution in [2.24, 2.45) is 0 Å². The Morgan fingerprint density at radius 1 is 1.07 bits per heavy atom. The van der Waals surface area contributed by atoms with Gasteiger partial charge in [-0.25, -0.2) is 4.79 Å². The molecule has 0 saturated carbocycles. The van der Waals surface area contributed by atoms with E-state index in [-0.39, 0.29) is 22.9 Å². The lowest BCUT2D eigenvalue weighted by atomic mass is 10.1. The van der Waals surface area contributed by atoms with Gasteiger partial charge in [0.25, 0.3) is 0 Å². The second-order valence-electron chi connectivity index (χ2n) is 6.79. The smallest absolute Gasteiger partial charge is 0.323 e. The fourth-order valence-electron chi connectivity index (χ4n) is 3.55. The highest BCUT2D eigenvalue weighted by Gasteiger charge is 2.23. The van der Waals surface area contributed by atoms with Gasteiger partial charge in [0.05, 0.1) is 12.0 Å². The molecule has 27 heavy (non-hydrogen) atoms. The van der Waals surface area contributed by atoms with Crippen molar-refractivity contribution in [2.45, 2.75) is 13.5 Å². The zero-order valence-electron chi connectivity index (χ0n) is 15.2. The molecule has 3 heterocycles. The Morgan fingerprint density at radius 2 is 1.85 bits per heavy atom. The largest absolute Gasteiger partial charge is 0.461 e. The summed E-state index contributed by atoms with van der Waals surface area (Å²) in [7, 11) is 0. The molecular formula is C20H22N4O3. The first-order chi connectivity index (χ1) is 13.1. The predicted molar refractivity (Wildman–Crippen MR) is 102 cm³/mol. The summed E-state index contributed by atoms with van der Waals surface area (Å²) in [5.74, 6) is -0.0947. The van der Waals surface area contributed by atoms with E-state index in [1.165, 1.54) is 17.5 Å². The minimum atomic E-state index is -0.376. The molecule has 0 spiro atoms.